The summed E-state index contributed by atoms with van der Waals surface area (Å²) in [6.45, 7) is 0.234. The van der Waals surface area contributed by atoms with Crippen LogP contribution in [0.4, 0.5) is 4.79 Å². The van der Waals surface area contributed by atoms with Crippen molar-refractivity contribution < 1.29 is 24.2 Å². The van der Waals surface area contributed by atoms with Crippen molar-refractivity contribution in [3.63, 3.8) is 0 Å². The number of benzene rings is 2. The Balaban J connectivity index is 1.21. The lowest BCUT2D eigenvalue weighted by Crippen LogP contribution is -2.62. The number of nitrogens with zero attached hydrogens (tertiary/aromatic N) is 1. The smallest absolute Gasteiger partial charge is 0.408 e. The zero-order chi connectivity index (χ0) is 24.4. The number of hydrogen-bond acceptors (Lipinski definition) is 5. The molecular weight excluding hydrogens is 446 g/mol. The SMILES string of the molecule is O=C(NC1(C(=O)NCc2cc(C(=O)O)ccn2)CCC1)OCC1c2ccccc2-c2ccccc21. The van der Waals surface area contributed by atoms with Gasteiger partial charge in [0.05, 0.1) is 17.8 Å². The monoisotopic (exact) mass is 471 g/mol. The maximum absolute atomic E-state index is 12.9. The largest absolute Gasteiger partial charge is 0.478 e. The Morgan fingerprint density at radius 3 is 2.26 bits per heavy atom. The lowest BCUT2D eigenvalue weighted by molar-refractivity contribution is -0.131. The average Bonchev–Trinajstić information content (AvgIpc) is 3.17. The van der Waals surface area contributed by atoms with E-state index in [4.69, 9.17) is 9.84 Å². The number of carboxylic acids is 1. The Hall–Kier alpha value is -4.20. The first kappa shape index (κ1) is 22.6. The van der Waals surface area contributed by atoms with Crippen LogP contribution in [0.1, 0.15) is 52.4 Å². The Labute approximate surface area is 202 Å². The molecule has 8 heteroatoms. The summed E-state index contributed by atoms with van der Waals surface area (Å²) < 4.78 is 5.62. The van der Waals surface area contributed by atoms with Gasteiger partial charge in [0.2, 0.25) is 5.91 Å². The average molecular weight is 472 g/mol. The fourth-order valence-electron chi connectivity index (χ4n) is 4.82. The van der Waals surface area contributed by atoms with Crippen LogP contribution in [0.5, 0.6) is 0 Å². The summed E-state index contributed by atoms with van der Waals surface area (Å²) >= 11 is 0. The van der Waals surface area contributed by atoms with E-state index in [2.05, 4.69) is 39.9 Å². The van der Waals surface area contributed by atoms with Gasteiger partial charge in [-0.2, -0.15) is 0 Å². The summed E-state index contributed by atoms with van der Waals surface area (Å²) in [5.74, 6) is -1.46. The van der Waals surface area contributed by atoms with Gasteiger partial charge >= 0.3 is 12.1 Å². The number of amides is 2. The molecular formula is C27H25N3O5. The molecule has 5 rings (SSSR count). The van der Waals surface area contributed by atoms with Crippen molar-refractivity contribution in [2.75, 3.05) is 6.61 Å². The lowest BCUT2D eigenvalue weighted by atomic mass is 9.76. The second-order valence-corrected chi connectivity index (χ2v) is 8.91. The molecule has 2 aromatic carbocycles. The van der Waals surface area contributed by atoms with Gasteiger partial charge in [-0.05, 0) is 53.6 Å². The molecule has 0 radical (unpaired) electrons. The van der Waals surface area contributed by atoms with Crippen LogP contribution in [0.3, 0.4) is 0 Å². The van der Waals surface area contributed by atoms with E-state index in [1.807, 2.05) is 24.3 Å². The number of carbonyl (C=O) groups is 3. The maximum Gasteiger partial charge on any atom is 0.408 e. The van der Waals surface area contributed by atoms with Crippen LogP contribution in [0.25, 0.3) is 11.1 Å². The number of hydrogen-bond donors (Lipinski definition) is 3. The van der Waals surface area contributed by atoms with Gasteiger partial charge < -0.3 is 20.5 Å². The molecule has 1 saturated carbocycles. The number of carbonyl (C=O) groups excluding carboxylic acids is 2. The number of carboxylic acid groups (broad SMARTS) is 1. The molecule has 35 heavy (non-hydrogen) atoms. The minimum absolute atomic E-state index is 0.0631. The standard InChI is InChI=1S/C27H25N3O5/c31-24(32)17-10-13-28-18(14-17)15-29-25(33)27(11-5-12-27)30-26(34)35-16-23-21-8-3-1-6-19(21)20-7-2-4-9-22(20)23/h1-4,6-10,13-14,23H,5,11-12,15-16H2,(H,29,33)(H,30,34)(H,31,32). The first-order chi connectivity index (χ1) is 17.0. The molecule has 0 unspecified atom stereocenters. The van der Waals surface area contributed by atoms with E-state index >= 15 is 0 Å². The van der Waals surface area contributed by atoms with Crippen molar-refractivity contribution in [3.8, 4) is 11.1 Å². The predicted molar refractivity (Wildman–Crippen MR) is 128 cm³/mol. The molecule has 1 aromatic heterocycles. The zero-order valence-corrected chi connectivity index (χ0v) is 19.0. The zero-order valence-electron chi connectivity index (χ0n) is 19.0. The van der Waals surface area contributed by atoms with E-state index < -0.39 is 17.6 Å². The van der Waals surface area contributed by atoms with Crippen LogP contribution < -0.4 is 10.6 Å². The van der Waals surface area contributed by atoms with Crippen molar-refractivity contribution in [2.45, 2.75) is 37.3 Å². The highest BCUT2D eigenvalue weighted by Gasteiger charge is 2.46. The summed E-state index contributed by atoms with van der Waals surface area (Å²) in [6, 6.07) is 19.0. The number of aromatic nitrogens is 1. The van der Waals surface area contributed by atoms with Crippen molar-refractivity contribution in [1.82, 2.24) is 15.6 Å². The second-order valence-electron chi connectivity index (χ2n) is 8.91. The fraction of sp³-hybridized carbons (Fsp3) is 0.259. The quantitative estimate of drug-likeness (QED) is 0.482. The number of ether oxygens (including phenoxy) is 1. The van der Waals surface area contributed by atoms with Gasteiger partial charge in [0, 0.05) is 12.1 Å². The summed E-state index contributed by atoms with van der Waals surface area (Å²) in [7, 11) is 0. The highest BCUT2D eigenvalue weighted by atomic mass is 16.5. The lowest BCUT2D eigenvalue weighted by Gasteiger charge is -2.40. The number of nitrogens with one attached hydrogen (secondary N) is 2. The van der Waals surface area contributed by atoms with Crippen LogP contribution in [0.15, 0.2) is 66.9 Å². The van der Waals surface area contributed by atoms with E-state index in [-0.39, 0.29) is 30.5 Å². The van der Waals surface area contributed by atoms with Crippen LogP contribution in [-0.4, -0.2) is 40.2 Å². The molecule has 1 heterocycles. The Bertz CT molecular complexity index is 1260. The second kappa shape index (κ2) is 9.21. The summed E-state index contributed by atoms with van der Waals surface area (Å²) in [5.41, 5.74) is 4.02. The highest BCUT2D eigenvalue weighted by Crippen LogP contribution is 2.44. The molecule has 178 valence electrons. The Kier molecular flexibility index (Phi) is 5.94. The third kappa shape index (κ3) is 4.35. The van der Waals surface area contributed by atoms with Gasteiger partial charge in [0.15, 0.2) is 0 Å². The van der Waals surface area contributed by atoms with Gasteiger partial charge in [-0.3, -0.25) is 9.78 Å². The molecule has 0 aliphatic heterocycles. The van der Waals surface area contributed by atoms with E-state index in [0.29, 0.717) is 18.5 Å². The molecule has 0 spiro atoms. The Morgan fingerprint density at radius 1 is 1.00 bits per heavy atom. The third-order valence-corrected chi connectivity index (χ3v) is 6.82. The van der Waals surface area contributed by atoms with E-state index in [1.54, 1.807) is 0 Å². The summed E-state index contributed by atoms with van der Waals surface area (Å²) in [6.07, 6.45) is 2.58. The van der Waals surface area contributed by atoms with Gasteiger partial charge in [-0.15, -0.1) is 0 Å². The molecule has 2 amide bonds. The first-order valence-electron chi connectivity index (χ1n) is 11.6. The molecule has 0 atom stereocenters. The van der Waals surface area contributed by atoms with Crippen molar-refractivity contribution >= 4 is 18.0 Å². The maximum atomic E-state index is 12.9. The minimum atomic E-state index is -1.06. The van der Waals surface area contributed by atoms with Gasteiger partial charge in [0.1, 0.15) is 12.1 Å². The molecule has 0 bridgehead atoms. The predicted octanol–water partition coefficient (Wildman–Crippen LogP) is 3.86. The number of aromatic carboxylic acids is 1. The number of alkyl carbamates (subject to hydrolysis) is 1. The van der Waals surface area contributed by atoms with Crippen LogP contribution >= 0.6 is 0 Å². The topological polar surface area (TPSA) is 118 Å². The molecule has 2 aliphatic rings. The van der Waals surface area contributed by atoms with Gasteiger partial charge in [-0.1, -0.05) is 48.5 Å². The number of pyridine rings is 1. The third-order valence-electron chi connectivity index (χ3n) is 6.82. The molecule has 8 nitrogen and oxygen atoms in total. The first-order valence-corrected chi connectivity index (χ1v) is 11.6. The number of rotatable bonds is 7. The van der Waals surface area contributed by atoms with Crippen molar-refractivity contribution in [1.29, 1.82) is 0 Å². The van der Waals surface area contributed by atoms with Crippen LogP contribution in [-0.2, 0) is 16.1 Å². The van der Waals surface area contributed by atoms with Gasteiger partial charge in [0.25, 0.3) is 0 Å². The molecule has 3 aromatic rings. The minimum Gasteiger partial charge on any atom is -0.478 e. The molecule has 2 aliphatic carbocycles. The van der Waals surface area contributed by atoms with Gasteiger partial charge in [-0.25, -0.2) is 9.59 Å². The highest BCUT2D eigenvalue weighted by molar-refractivity contribution is 5.91. The van der Waals surface area contributed by atoms with Crippen molar-refractivity contribution in [2.24, 2.45) is 0 Å². The van der Waals surface area contributed by atoms with Crippen LogP contribution in [0, 0.1) is 0 Å². The molecule has 0 saturated heterocycles. The van der Waals surface area contributed by atoms with E-state index in [0.717, 1.165) is 28.7 Å². The van der Waals surface area contributed by atoms with E-state index in [9.17, 15) is 14.4 Å². The van der Waals surface area contributed by atoms with E-state index in [1.165, 1.54) is 18.3 Å². The summed E-state index contributed by atoms with van der Waals surface area (Å²) in [4.78, 5) is 40.9. The molecule has 3 N–H and O–H groups in total. The number of fused-ring (bicyclic) bond motifs is 3. The summed E-state index contributed by atoms with van der Waals surface area (Å²) in [5, 5.41) is 14.7. The molecule has 1 fully saturated rings. The van der Waals surface area contributed by atoms with Crippen LogP contribution in [0.2, 0.25) is 0 Å². The van der Waals surface area contributed by atoms with Crippen molar-refractivity contribution in [3.05, 3.63) is 89.2 Å². The fourth-order valence-corrected chi connectivity index (χ4v) is 4.82. The normalized spacial score (nSPS) is 15.3. The Morgan fingerprint density at radius 2 is 1.66 bits per heavy atom.